The Balaban J connectivity index is 2.27. The maximum atomic E-state index is 13.2. The van der Waals surface area contributed by atoms with Crippen LogP contribution in [0.5, 0.6) is 11.5 Å². The summed E-state index contributed by atoms with van der Waals surface area (Å²) in [5.74, 6) is 0.271. The number of hydrogen-bond donors (Lipinski definition) is 0. The minimum atomic E-state index is -4.20. The number of amides is 1. The summed E-state index contributed by atoms with van der Waals surface area (Å²) in [5, 5.41) is 0. The highest BCUT2D eigenvalue weighted by Crippen LogP contribution is 2.32. The van der Waals surface area contributed by atoms with Crippen LogP contribution in [0.15, 0.2) is 47.4 Å². The molecule has 0 aromatic heterocycles. The fraction of sp³-hybridized carbons (Fsp3) is 0.519. The largest absolute Gasteiger partial charge is 0.493 e. The van der Waals surface area contributed by atoms with Gasteiger partial charge in [0.25, 0.3) is 0 Å². The van der Waals surface area contributed by atoms with Crippen molar-refractivity contribution in [2.75, 3.05) is 13.7 Å². The van der Waals surface area contributed by atoms with Gasteiger partial charge in [-0.3, -0.25) is 4.79 Å². The lowest BCUT2D eigenvalue weighted by molar-refractivity contribution is -0.133. The van der Waals surface area contributed by atoms with Gasteiger partial charge in [0, 0.05) is 19.5 Å². The fourth-order valence-corrected chi connectivity index (χ4v) is 5.04. The SMILES string of the molecule is COc1ccc(CN(CC(C)C)C(=O)CC(C)CC(C)(C)C)cc1OS(=O)(=O)c1ccc(F)cc1. The Labute approximate surface area is 209 Å². The normalized spacial score (nSPS) is 12.9. The molecule has 0 saturated heterocycles. The molecule has 0 N–H and O–H groups in total. The Hall–Kier alpha value is -2.61. The van der Waals surface area contributed by atoms with E-state index in [1.165, 1.54) is 7.11 Å². The highest BCUT2D eigenvalue weighted by Gasteiger charge is 2.23. The molecular weight excluding hydrogens is 469 g/mol. The lowest BCUT2D eigenvalue weighted by atomic mass is 9.84. The number of ether oxygens (including phenoxy) is 1. The first-order valence-electron chi connectivity index (χ1n) is 11.8. The minimum Gasteiger partial charge on any atom is -0.493 e. The first-order valence-corrected chi connectivity index (χ1v) is 13.3. The van der Waals surface area contributed by atoms with Gasteiger partial charge in [0.05, 0.1) is 7.11 Å². The number of nitrogens with zero attached hydrogens (tertiary/aromatic N) is 1. The van der Waals surface area contributed by atoms with Crippen LogP contribution in [0.4, 0.5) is 4.39 Å². The van der Waals surface area contributed by atoms with E-state index in [1.807, 2.05) is 4.90 Å². The second-order valence-electron chi connectivity index (χ2n) is 10.7. The lowest BCUT2D eigenvalue weighted by Crippen LogP contribution is -2.35. The van der Waals surface area contributed by atoms with Crippen molar-refractivity contribution < 1.29 is 26.5 Å². The van der Waals surface area contributed by atoms with E-state index in [9.17, 15) is 17.6 Å². The number of halogens is 1. The second kappa shape index (κ2) is 11.9. The molecule has 2 rings (SSSR count). The smallest absolute Gasteiger partial charge is 0.339 e. The predicted molar refractivity (Wildman–Crippen MR) is 135 cm³/mol. The summed E-state index contributed by atoms with van der Waals surface area (Å²) in [4.78, 5) is 14.8. The molecule has 8 heteroatoms. The summed E-state index contributed by atoms with van der Waals surface area (Å²) >= 11 is 0. The van der Waals surface area contributed by atoms with Gasteiger partial charge in [0.1, 0.15) is 10.7 Å². The summed E-state index contributed by atoms with van der Waals surface area (Å²) < 4.78 is 49.3. The molecule has 0 aliphatic rings. The summed E-state index contributed by atoms with van der Waals surface area (Å²) in [6, 6.07) is 9.37. The molecule has 0 radical (unpaired) electrons. The van der Waals surface area contributed by atoms with Crippen molar-refractivity contribution in [3.05, 3.63) is 53.8 Å². The minimum absolute atomic E-state index is 0.00683. The standard InChI is InChI=1S/C27H38FNO5S/c1-19(2)17-29(26(30)14-20(3)16-27(4,5)6)18-21-8-13-24(33-7)25(15-21)34-35(31,32)23-11-9-22(28)10-12-23/h8-13,15,19-20H,14,16-18H2,1-7H3. The number of benzene rings is 2. The van der Waals surface area contributed by atoms with E-state index >= 15 is 0 Å². The number of carbonyl (C=O) groups excluding carboxylic acids is 1. The average molecular weight is 508 g/mol. The van der Waals surface area contributed by atoms with E-state index in [0.29, 0.717) is 25.1 Å². The molecule has 6 nitrogen and oxygen atoms in total. The Morgan fingerprint density at radius 2 is 1.66 bits per heavy atom. The van der Waals surface area contributed by atoms with Crippen molar-refractivity contribution >= 4 is 16.0 Å². The maximum absolute atomic E-state index is 13.2. The average Bonchev–Trinajstić information content (AvgIpc) is 2.71. The van der Waals surface area contributed by atoms with Crippen LogP contribution in [0.25, 0.3) is 0 Å². The maximum Gasteiger partial charge on any atom is 0.339 e. The molecule has 0 spiro atoms. The van der Waals surface area contributed by atoms with Crippen molar-refractivity contribution in [3.63, 3.8) is 0 Å². The number of carbonyl (C=O) groups is 1. The van der Waals surface area contributed by atoms with Crippen LogP contribution in [0.3, 0.4) is 0 Å². The van der Waals surface area contributed by atoms with Crippen molar-refractivity contribution in [1.82, 2.24) is 4.90 Å². The molecule has 0 saturated carbocycles. The molecule has 1 atom stereocenters. The number of methoxy groups -OCH3 is 1. The van der Waals surface area contributed by atoms with E-state index in [0.717, 1.165) is 30.7 Å². The van der Waals surface area contributed by atoms with Crippen LogP contribution < -0.4 is 8.92 Å². The Bertz CT molecular complexity index is 1090. The molecule has 0 bridgehead atoms. The first-order chi connectivity index (χ1) is 16.2. The monoisotopic (exact) mass is 507 g/mol. The molecule has 1 unspecified atom stereocenters. The van der Waals surface area contributed by atoms with Crippen LogP contribution in [0.1, 0.15) is 59.9 Å². The fourth-order valence-electron chi connectivity index (χ4n) is 4.11. The number of rotatable bonds is 11. The van der Waals surface area contributed by atoms with Crippen molar-refractivity contribution in [2.24, 2.45) is 17.3 Å². The van der Waals surface area contributed by atoms with E-state index in [2.05, 4.69) is 41.5 Å². The third-order valence-electron chi connectivity index (χ3n) is 5.33. The van der Waals surface area contributed by atoms with Gasteiger partial charge in [-0.15, -0.1) is 0 Å². The molecule has 1 amide bonds. The van der Waals surface area contributed by atoms with E-state index in [-0.39, 0.29) is 39.6 Å². The Kier molecular flexibility index (Phi) is 9.72. The van der Waals surface area contributed by atoms with Gasteiger partial charge in [-0.05, 0) is 65.6 Å². The number of hydrogen-bond acceptors (Lipinski definition) is 5. The zero-order valence-electron chi connectivity index (χ0n) is 21.8. The molecule has 0 aliphatic carbocycles. The third-order valence-corrected chi connectivity index (χ3v) is 6.57. The molecule has 0 heterocycles. The molecule has 194 valence electrons. The van der Waals surface area contributed by atoms with Gasteiger partial charge in [0.15, 0.2) is 11.5 Å². The highest BCUT2D eigenvalue weighted by molar-refractivity contribution is 7.87. The topological polar surface area (TPSA) is 72.9 Å². The highest BCUT2D eigenvalue weighted by atomic mass is 32.2. The molecule has 2 aromatic carbocycles. The van der Waals surface area contributed by atoms with Crippen LogP contribution in [-0.4, -0.2) is 32.9 Å². The van der Waals surface area contributed by atoms with Crippen molar-refractivity contribution in [1.29, 1.82) is 0 Å². The molecule has 35 heavy (non-hydrogen) atoms. The van der Waals surface area contributed by atoms with Crippen LogP contribution in [-0.2, 0) is 21.5 Å². The van der Waals surface area contributed by atoms with Crippen LogP contribution >= 0.6 is 0 Å². The summed E-state index contributed by atoms with van der Waals surface area (Å²) in [7, 11) is -2.79. The van der Waals surface area contributed by atoms with E-state index in [1.54, 1.807) is 18.2 Å². The summed E-state index contributed by atoms with van der Waals surface area (Å²) in [6.07, 6.45) is 1.39. The van der Waals surface area contributed by atoms with Gasteiger partial charge in [-0.2, -0.15) is 8.42 Å². The van der Waals surface area contributed by atoms with Gasteiger partial charge in [-0.1, -0.05) is 47.6 Å². The van der Waals surface area contributed by atoms with Crippen LogP contribution in [0.2, 0.25) is 0 Å². The predicted octanol–water partition coefficient (Wildman–Crippen LogP) is 6.05. The van der Waals surface area contributed by atoms with Gasteiger partial charge in [0.2, 0.25) is 5.91 Å². The van der Waals surface area contributed by atoms with E-state index < -0.39 is 15.9 Å². The van der Waals surface area contributed by atoms with Crippen molar-refractivity contribution in [2.45, 2.75) is 65.8 Å². The van der Waals surface area contributed by atoms with Gasteiger partial charge < -0.3 is 13.8 Å². The summed E-state index contributed by atoms with van der Waals surface area (Å²) in [5.41, 5.74) is 0.855. The zero-order valence-corrected chi connectivity index (χ0v) is 22.6. The molecule has 0 aliphatic heterocycles. The molecular formula is C27H38FNO5S. The van der Waals surface area contributed by atoms with E-state index in [4.69, 9.17) is 8.92 Å². The zero-order chi connectivity index (χ0) is 26.4. The van der Waals surface area contributed by atoms with Gasteiger partial charge >= 0.3 is 10.1 Å². The van der Waals surface area contributed by atoms with Crippen LogP contribution in [0, 0.1) is 23.1 Å². The summed E-state index contributed by atoms with van der Waals surface area (Å²) in [6.45, 7) is 13.6. The third kappa shape index (κ3) is 9.17. The Morgan fingerprint density at radius 3 is 2.20 bits per heavy atom. The van der Waals surface area contributed by atoms with Gasteiger partial charge in [-0.25, -0.2) is 4.39 Å². The van der Waals surface area contributed by atoms with Crippen molar-refractivity contribution in [3.8, 4) is 11.5 Å². The molecule has 0 fully saturated rings. The Morgan fingerprint density at radius 1 is 1.03 bits per heavy atom. The second-order valence-corrected chi connectivity index (χ2v) is 12.3. The quantitative estimate of drug-likeness (QED) is 0.346. The first kappa shape index (κ1) is 28.6. The molecule has 2 aromatic rings. The lowest BCUT2D eigenvalue weighted by Gasteiger charge is -2.28.